The molecule has 0 spiro atoms. The molecule has 0 aliphatic heterocycles. The van der Waals surface area contributed by atoms with E-state index in [4.69, 9.17) is 0 Å². The first kappa shape index (κ1) is 10.3. The molecule has 0 aromatic rings. The van der Waals surface area contributed by atoms with E-state index in [1.54, 1.807) is 4.90 Å². The molecule has 0 atom stereocenters. The second-order valence-electron chi connectivity index (χ2n) is 3.60. The smallest absolute Gasteiger partial charge is 0.317 e. The predicted molar refractivity (Wildman–Crippen MR) is 52.7 cm³/mol. The second-order valence-corrected chi connectivity index (χ2v) is 3.60. The first-order valence-corrected chi connectivity index (χ1v) is 4.90. The number of nitrogens with zero attached hydrogens (tertiary/aromatic N) is 1. The van der Waals surface area contributed by atoms with Gasteiger partial charge < -0.3 is 15.5 Å². The number of hydrogen-bond donors (Lipinski definition) is 2. The van der Waals surface area contributed by atoms with Gasteiger partial charge in [-0.1, -0.05) is 0 Å². The topological polar surface area (TPSA) is 44.4 Å². The van der Waals surface area contributed by atoms with Crippen LogP contribution in [-0.2, 0) is 0 Å². The standard InChI is InChI=1S/C9H19N3O/c1-10-6-3-7-12(2)9(13)11-8-4-5-8/h8,10H,3-7H2,1-2H3,(H,11,13). The number of carbonyl (C=O) groups excluding carboxylic acids is 1. The van der Waals surface area contributed by atoms with Gasteiger partial charge in [-0.05, 0) is 32.9 Å². The van der Waals surface area contributed by atoms with E-state index in [0.29, 0.717) is 6.04 Å². The van der Waals surface area contributed by atoms with Gasteiger partial charge in [-0.25, -0.2) is 4.79 Å². The van der Waals surface area contributed by atoms with Gasteiger partial charge >= 0.3 is 6.03 Å². The summed E-state index contributed by atoms with van der Waals surface area (Å²) < 4.78 is 0. The van der Waals surface area contributed by atoms with E-state index in [0.717, 1.165) is 32.4 Å². The summed E-state index contributed by atoms with van der Waals surface area (Å²) in [7, 11) is 3.76. The van der Waals surface area contributed by atoms with Crippen molar-refractivity contribution in [3.05, 3.63) is 0 Å². The van der Waals surface area contributed by atoms with E-state index in [1.807, 2.05) is 14.1 Å². The minimum absolute atomic E-state index is 0.0682. The van der Waals surface area contributed by atoms with E-state index >= 15 is 0 Å². The summed E-state index contributed by atoms with van der Waals surface area (Å²) in [5.74, 6) is 0. The van der Waals surface area contributed by atoms with Gasteiger partial charge in [0.15, 0.2) is 0 Å². The Hall–Kier alpha value is -0.770. The van der Waals surface area contributed by atoms with Gasteiger partial charge in [0.2, 0.25) is 0 Å². The van der Waals surface area contributed by atoms with Crippen LogP contribution in [0.5, 0.6) is 0 Å². The minimum atomic E-state index is 0.0682. The molecular weight excluding hydrogens is 166 g/mol. The molecule has 0 unspecified atom stereocenters. The zero-order chi connectivity index (χ0) is 9.68. The fourth-order valence-corrected chi connectivity index (χ4v) is 1.11. The summed E-state index contributed by atoms with van der Waals surface area (Å²) in [6.45, 7) is 1.78. The summed E-state index contributed by atoms with van der Waals surface area (Å²) in [5, 5.41) is 6.00. The average molecular weight is 185 g/mol. The van der Waals surface area contributed by atoms with E-state index in [2.05, 4.69) is 10.6 Å². The number of amides is 2. The van der Waals surface area contributed by atoms with Crippen molar-refractivity contribution >= 4 is 6.03 Å². The molecule has 13 heavy (non-hydrogen) atoms. The Morgan fingerprint density at radius 2 is 2.23 bits per heavy atom. The third-order valence-electron chi connectivity index (χ3n) is 2.17. The van der Waals surface area contributed by atoms with Crippen LogP contribution >= 0.6 is 0 Å². The monoisotopic (exact) mass is 185 g/mol. The van der Waals surface area contributed by atoms with Gasteiger partial charge in [0.05, 0.1) is 0 Å². The molecule has 1 fully saturated rings. The maximum Gasteiger partial charge on any atom is 0.317 e. The normalized spacial score (nSPS) is 15.5. The van der Waals surface area contributed by atoms with Gasteiger partial charge in [-0.2, -0.15) is 0 Å². The number of nitrogens with one attached hydrogen (secondary N) is 2. The number of hydrogen-bond acceptors (Lipinski definition) is 2. The maximum absolute atomic E-state index is 11.4. The van der Waals surface area contributed by atoms with Gasteiger partial charge in [0, 0.05) is 19.6 Å². The van der Waals surface area contributed by atoms with E-state index in [-0.39, 0.29) is 6.03 Å². The van der Waals surface area contributed by atoms with E-state index < -0.39 is 0 Å². The largest absolute Gasteiger partial charge is 0.335 e. The number of rotatable bonds is 5. The highest BCUT2D eigenvalue weighted by Crippen LogP contribution is 2.18. The lowest BCUT2D eigenvalue weighted by Crippen LogP contribution is -2.39. The van der Waals surface area contributed by atoms with Crippen molar-refractivity contribution in [2.75, 3.05) is 27.2 Å². The Balaban J connectivity index is 2.05. The molecule has 4 heteroatoms. The highest BCUT2D eigenvalue weighted by Gasteiger charge is 2.24. The fraction of sp³-hybridized carbons (Fsp3) is 0.889. The third-order valence-corrected chi connectivity index (χ3v) is 2.17. The SMILES string of the molecule is CNCCCN(C)C(=O)NC1CC1. The Kier molecular flexibility index (Phi) is 4.02. The Bertz CT molecular complexity index is 168. The van der Waals surface area contributed by atoms with Gasteiger partial charge in [0.25, 0.3) is 0 Å². The number of carbonyl (C=O) groups is 1. The summed E-state index contributed by atoms with van der Waals surface area (Å²) in [5.41, 5.74) is 0. The lowest BCUT2D eigenvalue weighted by Gasteiger charge is -2.17. The van der Waals surface area contributed by atoms with Crippen LogP contribution in [0, 0.1) is 0 Å². The summed E-state index contributed by atoms with van der Waals surface area (Å²) >= 11 is 0. The van der Waals surface area contributed by atoms with Crippen LogP contribution in [0.2, 0.25) is 0 Å². The quantitative estimate of drug-likeness (QED) is 0.609. The van der Waals surface area contributed by atoms with Crippen molar-refractivity contribution in [2.45, 2.75) is 25.3 Å². The van der Waals surface area contributed by atoms with Crippen LogP contribution in [0.15, 0.2) is 0 Å². The second kappa shape index (κ2) is 5.07. The zero-order valence-corrected chi connectivity index (χ0v) is 8.47. The van der Waals surface area contributed by atoms with Crippen LogP contribution in [-0.4, -0.2) is 44.2 Å². The highest BCUT2D eigenvalue weighted by molar-refractivity contribution is 5.74. The van der Waals surface area contributed by atoms with Gasteiger partial charge in [-0.15, -0.1) is 0 Å². The molecule has 0 bridgehead atoms. The van der Waals surface area contributed by atoms with Crippen molar-refractivity contribution in [3.8, 4) is 0 Å². The summed E-state index contributed by atoms with van der Waals surface area (Å²) in [6.07, 6.45) is 3.30. The molecule has 2 amide bonds. The molecule has 1 rings (SSSR count). The van der Waals surface area contributed by atoms with Gasteiger partial charge in [0.1, 0.15) is 0 Å². The van der Waals surface area contributed by atoms with Crippen molar-refractivity contribution in [1.82, 2.24) is 15.5 Å². The third kappa shape index (κ3) is 4.12. The fourth-order valence-electron chi connectivity index (χ4n) is 1.11. The Labute approximate surface area is 79.7 Å². The zero-order valence-electron chi connectivity index (χ0n) is 8.47. The Morgan fingerprint density at radius 3 is 2.77 bits per heavy atom. The molecular formula is C9H19N3O. The van der Waals surface area contributed by atoms with Crippen molar-refractivity contribution in [1.29, 1.82) is 0 Å². The first-order valence-electron chi connectivity index (χ1n) is 4.90. The molecule has 1 saturated carbocycles. The molecule has 1 aliphatic carbocycles. The molecule has 0 aromatic heterocycles. The van der Waals surface area contributed by atoms with E-state index in [9.17, 15) is 4.79 Å². The first-order chi connectivity index (χ1) is 6.24. The van der Waals surface area contributed by atoms with Crippen molar-refractivity contribution < 1.29 is 4.79 Å². The predicted octanol–water partition coefficient (Wildman–Crippen LogP) is 0.400. The lowest BCUT2D eigenvalue weighted by atomic mass is 10.4. The molecule has 1 aliphatic rings. The average Bonchev–Trinajstić information content (AvgIpc) is 2.88. The van der Waals surface area contributed by atoms with E-state index in [1.165, 1.54) is 0 Å². The molecule has 2 N–H and O–H groups in total. The Morgan fingerprint density at radius 1 is 1.54 bits per heavy atom. The van der Waals surface area contributed by atoms with Crippen LogP contribution < -0.4 is 10.6 Å². The molecule has 0 heterocycles. The van der Waals surface area contributed by atoms with Crippen LogP contribution in [0.3, 0.4) is 0 Å². The van der Waals surface area contributed by atoms with Crippen molar-refractivity contribution in [2.24, 2.45) is 0 Å². The van der Waals surface area contributed by atoms with Crippen molar-refractivity contribution in [3.63, 3.8) is 0 Å². The molecule has 0 aromatic carbocycles. The molecule has 0 radical (unpaired) electrons. The van der Waals surface area contributed by atoms with Gasteiger partial charge in [-0.3, -0.25) is 0 Å². The highest BCUT2D eigenvalue weighted by atomic mass is 16.2. The molecule has 4 nitrogen and oxygen atoms in total. The van der Waals surface area contributed by atoms with Crippen LogP contribution in [0.1, 0.15) is 19.3 Å². The minimum Gasteiger partial charge on any atom is -0.335 e. The molecule has 76 valence electrons. The van der Waals surface area contributed by atoms with Crippen LogP contribution in [0.25, 0.3) is 0 Å². The lowest BCUT2D eigenvalue weighted by molar-refractivity contribution is 0.208. The molecule has 0 saturated heterocycles. The summed E-state index contributed by atoms with van der Waals surface area (Å²) in [6, 6.07) is 0.526. The summed E-state index contributed by atoms with van der Waals surface area (Å²) in [4.78, 5) is 13.1. The number of urea groups is 1. The van der Waals surface area contributed by atoms with Crippen LogP contribution in [0.4, 0.5) is 4.79 Å². The maximum atomic E-state index is 11.4.